The van der Waals surface area contributed by atoms with Crippen LogP contribution in [-0.4, -0.2) is 81.9 Å². The van der Waals surface area contributed by atoms with E-state index in [0.717, 1.165) is 0 Å². The summed E-state index contributed by atoms with van der Waals surface area (Å²) in [5.74, 6) is -3.53. The number of aliphatic hydroxyl groups excluding tert-OH is 2. The predicted octanol–water partition coefficient (Wildman–Crippen LogP) is -0.457. The third-order valence-electron chi connectivity index (χ3n) is 4.36. The van der Waals surface area contributed by atoms with E-state index in [9.17, 15) is 29.4 Å². The number of nitrogens with zero attached hydrogens (tertiary/aromatic N) is 4. The molecule has 0 spiro atoms. The van der Waals surface area contributed by atoms with E-state index < -0.39 is 56.2 Å². The fraction of sp³-hybridized carbons (Fsp3) is 0.625. The highest BCUT2D eigenvalue weighted by Gasteiger charge is 2.47. The number of nitrogen functional groups attached to an aromatic ring is 1. The van der Waals surface area contributed by atoms with Gasteiger partial charge >= 0.3 is 13.6 Å². The molecule has 16 heteroatoms. The monoisotopic (exact) mass is 495 g/mol. The lowest BCUT2D eigenvalue weighted by Gasteiger charge is -2.25. The van der Waals surface area contributed by atoms with Crippen LogP contribution in [0.1, 0.15) is 27.0 Å². The largest absolute Gasteiger partial charge is 0.458 e. The third kappa shape index (κ3) is 5.18. The number of carbonyl (C=O) groups is 1. The van der Waals surface area contributed by atoms with Crippen LogP contribution >= 0.6 is 19.2 Å². The molecule has 2 aromatic heterocycles. The molecule has 3 rings (SSSR count). The summed E-state index contributed by atoms with van der Waals surface area (Å²) in [6.45, 7) is 3.91. The van der Waals surface area contributed by atoms with Crippen molar-refractivity contribution in [2.75, 3.05) is 12.3 Å². The van der Waals surface area contributed by atoms with Crippen LogP contribution in [0, 0.1) is 0 Å². The minimum Gasteiger partial charge on any atom is -0.458 e. The fourth-order valence-electron chi connectivity index (χ4n) is 3.03. The SMILES string of the molecule is CC(C)(C)OC(=O)[C@H](OC[C@H]1O[C@@H](n2cnc3c(N)nc(Cl)nc32)[C@H](O)[C@@H]1O)P(=O)(O)O. The van der Waals surface area contributed by atoms with Crippen molar-refractivity contribution in [2.24, 2.45) is 0 Å². The van der Waals surface area contributed by atoms with Crippen LogP contribution in [0.15, 0.2) is 6.33 Å². The zero-order valence-corrected chi connectivity index (χ0v) is 18.8. The summed E-state index contributed by atoms with van der Waals surface area (Å²) in [7, 11) is -5.07. The van der Waals surface area contributed by atoms with Crippen molar-refractivity contribution in [2.45, 2.75) is 56.8 Å². The number of hydrogen-bond acceptors (Lipinski definition) is 11. The molecule has 1 aliphatic rings. The highest BCUT2D eigenvalue weighted by atomic mass is 35.5. The maximum atomic E-state index is 12.2. The maximum absolute atomic E-state index is 12.2. The number of halogens is 1. The summed E-state index contributed by atoms with van der Waals surface area (Å²) in [6, 6.07) is 0. The highest BCUT2D eigenvalue weighted by molar-refractivity contribution is 7.53. The molecule has 32 heavy (non-hydrogen) atoms. The Bertz CT molecular complexity index is 1050. The second kappa shape index (κ2) is 8.80. The van der Waals surface area contributed by atoms with Gasteiger partial charge in [-0.25, -0.2) is 9.78 Å². The Morgan fingerprint density at radius 1 is 1.34 bits per heavy atom. The molecule has 0 saturated carbocycles. The van der Waals surface area contributed by atoms with E-state index >= 15 is 0 Å². The molecule has 0 aliphatic carbocycles. The van der Waals surface area contributed by atoms with Crippen molar-refractivity contribution in [3.63, 3.8) is 0 Å². The molecule has 0 radical (unpaired) electrons. The second-order valence-corrected chi connectivity index (χ2v) is 10.0. The molecule has 2 aromatic rings. The lowest BCUT2D eigenvalue weighted by atomic mass is 10.1. The van der Waals surface area contributed by atoms with Crippen LogP contribution in [0.4, 0.5) is 5.82 Å². The fourth-order valence-corrected chi connectivity index (χ4v) is 3.81. The number of rotatable bonds is 6. The smallest absolute Gasteiger partial charge is 0.365 e. The van der Waals surface area contributed by atoms with Crippen LogP contribution in [0.2, 0.25) is 5.28 Å². The molecule has 178 valence electrons. The molecular formula is C16H23ClN5O9P. The molecule has 5 atom stereocenters. The summed E-state index contributed by atoms with van der Waals surface area (Å²) in [5, 5.41) is 20.6. The minimum absolute atomic E-state index is 0.00600. The number of ether oxygens (including phenoxy) is 3. The predicted molar refractivity (Wildman–Crippen MR) is 108 cm³/mol. The standard InChI is InChI=1S/C16H23ClN5O9P/c1-16(2,3)31-13(25)14(32(26,27)28)29-4-6-8(23)9(24)12(30-6)22-5-19-7-10(18)20-15(17)21-11(7)22/h5-6,8-9,12,14,23-24H,4H2,1-3H3,(H2,18,20,21)(H2,26,27,28)/t6-,8-,9-,12-,14-/m1/s1. The van der Waals surface area contributed by atoms with E-state index in [-0.39, 0.29) is 22.3 Å². The van der Waals surface area contributed by atoms with Crippen LogP contribution in [0.5, 0.6) is 0 Å². The average molecular weight is 496 g/mol. The van der Waals surface area contributed by atoms with Gasteiger partial charge in [0.1, 0.15) is 29.4 Å². The van der Waals surface area contributed by atoms with Crippen molar-refractivity contribution < 1.29 is 43.6 Å². The first kappa shape index (κ1) is 24.7. The summed E-state index contributed by atoms with van der Waals surface area (Å²) >= 11 is 5.82. The van der Waals surface area contributed by atoms with E-state index in [1.807, 2.05) is 0 Å². The van der Waals surface area contributed by atoms with Gasteiger partial charge in [0, 0.05) is 0 Å². The van der Waals surface area contributed by atoms with Crippen LogP contribution in [-0.2, 0) is 23.6 Å². The molecule has 6 N–H and O–H groups in total. The van der Waals surface area contributed by atoms with Gasteiger partial charge in [0.25, 0.3) is 5.85 Å². The van der Waals surface area contributed by atoms with E-state index in [0.29, 0.717) is 0 Å². The Balaban J connectivity index is 1.78. The zero-order chi connectivity index (χ0) is 24.0. The third-order valence-corrected chi connectivity index (χ3v) is 5.50. The van der Waals surface area contributed by atoms with Gasteiger partial charge in [-0.15, -0.1) is 0 Å². The number of fused-ring (bicyclic) bond motifs is 1. The van der Waals surface area contributed by atoms with Crippen molar-refractivity contribution in [1.82, 2.24) is 19.5 Å². The van der Waals surface area contributed by atoms with E-state index in [4.69, 9.17) is 31.5 Å². The van der Waals surface area contributed by atoms with Gasteiger partial charge in [-0.1, -0.05) is 0 Å². The van der Waals surface area contributed by atoms with E-state index in [2.05, 4.69) is 15.0 Å². The van der Waals surface area contributed by atoms with Gasteiger partial charge in [0.15, 0.2) is 17.7 Å². The van der Waals surface area contributed by atoms with Crippen molar-refractivity contribution >= 4 is 42.1 Å². The minimum atomic E-state index is -5.07. The number of hydrogen-bond donors (Lipinski definition) is 5. The molecule has 3 heterocycles. The molecule has 14 nitrogen and oxygen atoms in total. The Kier molecular flexibility index (Phi) is 6.80. The molecule has 1 saturated heterocycles. The Morgan fingerprint density at radius 2 is 2.00 bits per heavy atom. The first-order valence-corrected chi connectivity index (χ1v) is 11.3. The van der Waals surface area contributed by atoms with Crippen LogP contribution in [0.3, 0.4) is 0 Å². The van der Waals surface area contributed by atoms with Crippen molar-refractivity contribution in [3.05, 3.63) is 11.6 Å². The van der Waals surface area contributed by atoms with Crippen LogP contribution < -0.4 is 5.73 Å². The first-order valence-electron chi connectivity index (χ1n) is 9.26. The number of imidazole rings is 1. The number of aliphatic hydroxyl groups is 2. The molecule has 1 fully saturated rings. The van der Waals surface area contributed by atoms with Gasteiger partial charge in [0.05, 0.1) is 12.9 Å². The molecule has 0 bridgehead atoms. The summed E-state index contributed by atoms with van der Waals surface area (Å²) in [5.41, 5.74) is 5.04. The number of carbonyl (C=O) groups excluding carboxylic acids is 1. The normalized spacial score (nSPS) is 25.2. The first-order chi connectivity index (χ1) is 14.7. The summed E-state index contributed by atoms with van der Waals surface area (Å²) < 4.78 is 28.7. The Hall–Kier alpha value is -1.90. The number of esters is 1. The number of aromatic nitrogens is 4. The maximum Gasteiger partial charge on any atom is 0.365 e. The Morgan fingerprint density at radius 3 is 2.59 bits per heavy atom. The topological polar surface area (TPSA) is 212 Å². The molecule has 1 aliphatic heterocycles. The van der Waals surface area contributed by atoms with Gasteiger partial charge in [-0.3, -0.25) is 9.13 Å². The van der Waals surface area contributed by atoms with Gasteiger partial charge in [-0.05, 0) is 32.4 Å². The number of anilines is 1. The van der Waals surface area contributed by atoms with Crippen molar-refractivity contribution in [1.29, 1.82) is 0 Å². The lowest BCUT2D eigenvalue weighted by molar-refractivity contribution is -0.166. The quantitative estimate of drug-likeness (QED) is 0.195. The molecule has 0 amide bonds. The summed E-state index contributed by atoms with van der Waals surface area (Å²) in [4.78, 5) is 43.0. The van der Waals surface area contributed by atoms with Gasteiger partial charge in [0.2, 0.25) is 5.28 Å². The van der Waals surface area contributed by atoms with Crippen LogP contribution in [0.25, 0.3) is 11.2 Å². The molecule has 0 aromatic carbocycles. The van der Waals surface area contributed by atoms with E-state index in [1.54, 1.807) is 0 Å². The number of nitrogens with two attached hydrogens (primary N) is 1. The highest BCUT2D eigenvalue weighted by Crippen LogP contribution is 2.43. The molecular weight excluding hydrogens is 473 g/mol. The molecule has 0 unspecified atom stereocenters. The Labute approximate surface area is 186 Å². The zero-order valence-electron chi connectivity index (χ0n) is 17.2. The van der Waals surface area contributed by atoms with Gasteiger partial charge in [-0.2, -0.15) is 9.97 Å². The average Bonchev–Trinajstić information content (AvgIpc) is 3.15. The summed E-state index contributed by atoms with van der Waals surface area (Å²) in [6.07, 6.45) is -4.29. The van der Waals surface area contributed by atoms with E-state index in [1.165, 1.54) is 31.7 Å². The van der Waals surface area contributed by atoms with Gasteiger partial charge < -0.3 is 39.9 Å². The lowest BCUT2D eigenvalue weighted by Crippen LogP contribution is -2.38. The second-order valence-electron chi connectivity index (χ2n) is 8.06. The van der Waals surface area contributed by atoms with Crippen molar-refractivity contribution in [3.8, 4) is 0 Å².